The van der Waals surface area contributed by atoms with Crippen molar-refractivity contribution in [2.75, 3.05) is 13.2 Å². The molecular formula is C11H17N3O3. The maximum atomic E-state index is 11.7. The molecule has 0 amide bonds. The van der Waals surface area contributed by atoms with Gasteiger partial charge in [0.05, 0.1) is 19.5 Å². The first-order valence-electron chi connectivity index (χ1n) is 5.77. The van der Waals surface area contributed by atoms with Crippen LogP contribution in [0.4, 0.5) is 0 Å². The van der Waals surface area contributed by atoms with Gasteiger partial charge in [-0.3, -0.25) is 4.79 Å². The van der Waals surface area contributed by atoms with Crippen LogP contribution >= 0.6 is 0 Å². The quantitative estimate of drug-likeness (QED) is 0.722. The van der Waals surface area contributed by atoms with E-state index < -0.39 is 6.04 Å². The lowest BCUT2D eigenvalue weighted by Crippen LogP contribution is -2.38. The van der Waals surface area contributed by atoms with Gasteiger partial charge in [-0.05, 0) is 0 Å². The molecule has 1 saturated heterocycles. The second kappa shape index (κ2) is 5.79. The van der Waals surface area contributed by atoms with E-state index in [2.05, 4.69) is 9.97 Å². The Balaban J connectivity index is 1.78. The molecule has 94 valence electrons. The van der Waals surface area contributed by atoms with Gasteiger partial charge in [0, 0.05) is 31.2 Å². The van der Waals surface area contributed by atoms with E-state index in [-0.39, 0.29) is 12.1 Å². The zero-order valence-electron chi connectivity index (χ0n) is 9.59. The number of carbonyl (C=O) groups is 1. The number of ether oxygens (including phenoxy) is 2. The van der Waals surface area contributed by atoms with Crippen molar-refractivity contribution in [3.63, 3.8) is 0 Å². The molecule has 0 aromatic carbocycles. The van der Waals surface area contributed by atoms with E-state index in [9.17, 15) is 4.79 Å². The normalized spacial score (nSPS) is 18.9. The predicted octanol–water partition coefficient (Wildman–Crippen LogP) is 0.00170. The van der Waals surface area contributed by atoms with Crippen molar-refractivity contribution < 1.29 is 14.3 Å². The molecule has 0 unspecified atom stereocenters. The van der Waals surface area contributed by atoms with Crippen LogP contribution in [0.5, 0.6) is 0 Å². The van der Waals surface area contributed by atoms with E-state index in [0.29, 0.717) is 19.6 Å². The molecule has 2 rings (SSSR count). The topological polar surface area (TPSA) is 90.2 Å². The van der Waals surface area contributed by atoms with Gasteiger partial charge in [-0.25, -0.2) is 4.98 Å². The number of nitrogens with two attached hydrogens (primary N) is 1. The highest BCUT2D eigenvalue weighted by Crippen LogP contribution is 2.11. The van der Waals surface area contributed by atoms with E-state index in [1.165, 1.54) is 0 Å². The number of imidazole rings is 1. The average molecular weight is 239 g/mol. The number of hydrogen-bond acceptors (Lipinski definition) is 5. The van der Waals surface area contributed by atoms with Crippen LogP contribution < -0.4 is 5.73 Å². The molecule has 1 aliphatic heterocycles. The minimum atomic E-state index is -0.640. The predicted molar refractivity (Wildman–Crippen MR) is 60.2 cm³/mol. The maximum Gasteiger partial charge on any atom is 0.323 e. The average Bonchev–Trinajstić information content (AvgIpc) is 2.83. The fourth-order valence-electron chi connectivity index (χ4n) is 1.76. The SMILES string of the molecule is N[C@H](Cc1cnc[nH]1)C(=O)OC1CCOCC1. The zero-order chi connectivity index (χ0) is 12.1. The molecule has 6 nitrogen and oxygen atoms in total. The van der Waals surface area contributed by atoms with Crippen molar-refractivity contribution in [2.45, 2.75) is 31.4 Å². The van der Waals surface area contributed by atoms with Gasteiger partial charge in [0.25, 0.3) is 0 Å². The van der Waals surface area contributed by atoms with Crippen LogP contribution in [-0.4, -0.2) is 41.3 Å². The first kappa shape index (κ1) is 12.1. The molecule has 1 aromatic rings. The molecule has 0 aliphatic carbocycles. The summed E-state index contributed by atoms with van der Waals surface area (Å²) < 4.78 is 10.5. The smallest absolute Gasteiger partial charge is 0.323 e. The van der Waals surface area contributed by atoms with Gasteiger partial charge in [0.1, 0.15) is 12.1 Å². The van der Waals surface area contributed by atoms with Crippen molar-refractivity contribution >= 4 is 5.97 Å². The van der Waals surface area contributed by atoms with E-state index >= 15 is 0 Å². The highest BCUT2D eigenvalue weighted by atomic mass is 16.6. The van der Waals surface area contributed by atoms with Gasteiger partial charge in [0.2, 0.25) is 0 Å². The molecule has 17 heavy (non-hydrogen) atoms. The Hall–Kier alpha value is -1.40. The fraction of sp³-hybridized carbons (Fsp3) is 0.636. The number of rotatable bonds is 4. The minimum absolute atomic E-state index is 0.0518. The summed E-state index contributed by atoms with van der Waals surface area (Å²) in [6, 6.07) is -0.640. The lowest BCUT2D eigenvalue weighted by Gasteiger charge is -2.23. The molecule has 1 fully saturated rings. The van der Waals surface area contributed by atoms with Crippen LogP contribution in [0, 0.1) is 0 Å². The molecule has 1 aliphatic rings. The summed E-state index contributed by atoms with van der Waals surface area (Å²) >= 11 is 0. The number of hydrogen-bond donors (Lipinski definition) is 2. The third-order valence-electron chi connectivity index (χ3n) is 2.75. The Kier molecular flexibility index (Phi) is 4.11. The van der Waals surface area contributed by atoms with Crippen LogP contribution in [0.15, 0.2) is 12.5 Å². The van der Waals surface area contributed by atoms with Crippen LogP contribution in [0.1, 0.15) is 18.5 Å². The first-order valence-corrected chi connectivity index (χ1v) is 5.77. The van der Waals surface area contributed by atoms with Crippen LogP contribution in [0.3, 0.4) is 0 Å². The van der Waals surface area contributed by atoms with Crippen molar-refractivity contribution in [3.8, 4) is 0 Å². The van der Waals surface area contributed by atoms with Crippen LogP contribution in [-0.2, 0) is 20.7 Å². The Morgan fingerprint density at radius 2 is 2.41 bits per heavy atom. The van der Waals surface area contributed by atoms with Crippen molar-refractivity contribution in [2.24, 2.45) is 5.73 Å². The largest absolute Gasteiger partial charge is 0.461 e. The lowest BCUT2D eigenvalue weighted by atomic mass is 10.1. The Morgan fingerprint density at radius 3 is 3.06 bits per heavy atom. The zero-order valence-corrected chi connectivity index (χ0v) is 9.59. The summed E-state index contributed by atoms with van der Waals surface area (Å²) in [6.07, 6.45) is 5.09. The molecule has 1 atom stereocenters. The van der Waals surface area contributed by atoms with Crippen LogP contribution in [0.25, 0.3) is 0 Å². The number of esters is 1. The summed E-state index contributed by atoms with van der Waals surface area (Å²) in [5.41, 5.74) is 6.61. The van der Waals surface area contributed by atoms with Crippen LogP contribution in [0.2, 0.25) is 0 Å². The molecule has 0 spiro atoms. The monoisotopic (exact) mass is 239 g/mol. The maximum absolute atomic E-state index is 11.7. The standard InChI is InChI=1S/C11H17N3O3/c12-10(5-8-6-13-7-14-8)11(15)17-9-1-3-16-4-2-9/h6-7,9-10H,1-5,12H2,(H,13,14)/t10-/m1/s1. The molecule has 6 heteroatoms. The minimum Gasteiger partial charge on any atom is -0.461 e. The number of aromatic amines is 1. The molecule has 2 heterocycles. The highest BCUT2D eigenvalue weighted by Gasteiger charge is 2.22. The summed E-state index contributed by atoms with van der Waals surface area (Å²) in [7, 11) is 0. The molecule has 1 aromatic heterocycles. The summed E-state index contributed by atoms with van der Waals surface area (Å²) in [5.74, 6) is -0.355. The summed E-state index contributed by atoms with van der Waals surface area (Å²) in [5, 5.41) is 0. The molecule has 0 saturated carbocycles. The van der Waals surface area contributed by atoms with E-state index in [0.717, 1.165) is 18.5 Å². The molecule has 3 N–H and O–H groups in total. The van der Waals surface area contributed by atoms with Gasteiger partial charge < -0.3 is 20.2 Å². The number of carbonyl (C=O) groups excluding carboxylic acids is 1. The van der Waals surface area contributed by atoms with Gasteiger partial charge in [0.15, 0.2) is 0 Å². The highest BCUT2D eigenvalue weighted by molar-refractivity contribution is 5.76. The van der Waals surface area contributed by atoms with E-state index in [1.807, 2.05) is 0 Å². The first-order chi connectivity index (χ1) is 8.25. The van der Waals surface area contributed by atoms with Crippen molar-refractivity contribution in [1.82, 2.24) is 9.97 Å². The van der Waals surface area contributed by atoms with Gasteiger partial charge in [-0.1, -0.05) is 0 Å². The lowest BCUT2D eigenvalue weighted by molar-refractivity contribution is -0.154. The molecule has 0 radical (unpaired) electrons. The second-order valence-corrected chi connectivity index (χ2v) is 4.14. The van der Waals surface area contributed by atoms with Gasteiger partial charge >= 0.3 is 5.97 Å². The molecular weight excluding hydrogens is 222 g/mol. The summed E-state index contributed by atoms with van der Waals surface area (Å²) in [4.78, 5) is 18.5. The second-order valence-electron chi connectivity index (χ2n) is 4.14. The summed E-state index contributed by atoms with van der Waals surface area (Å²) in [6.45, 7) is 1.29. The molecule has 0 bridgehead atoms. The third kappa shape index (κ3) is 3.54. The fourth-order valence-corrected chi connectivity index (χ4v) is 1.76. The number of aromatic nitrogens is 2. The Labute approximate surface area is 99.5 Å². The Morgan fingerprint density at radius 1 is 1.65 bits per heavy atom. The number of nitrogens with zero attached hydrogens (tertiary/aromatic N) is 1. The number of nitrogens with one attached hydrogen (secondary N) is 1. The van der Waals surface area contributed by atoms with E-state index in [1.54, 1.807) is 12.5 Å². The number of H-pyrrole nitrogens is 1. The third-order valence-corrected chi connectivity index (χ3v) is 2.75. The van der Waals surface area contributed by atoms with E-state index in [4.69, 9.17) is 15.2 Å². The van der Waals surface area contributed by atoms with Gasteiger partial charge in [-0.2, -0.15) is 0 Å². The van der Waals surface area contributed by atoms with Gasteiger partial charge in [-0.15, -0.1) is 0 Å². The Bertz CT molecular complexity index is 347. The van der Waals surface area contributed by atoms with Crippen molar-refractivity contribution in [1.29, 1.82) is 0 Å². The van der Waals surface area contributed by atoms with Crippen molar-refractivity contribution in [3.05, 3.63) is 18.2 Å².